The van der Waals surface area contributed by atoms with Gasteiger partial charge in [-0.05, 0) is 25.5 Å². The van der Waals surface area contributed by atoms with Crippen molar-refractivity contribution in [2.45, 2.75) is 26.7 Å². The third kappa shape index (κ3) is 4.16. The molecule has 0 saturated carbocycles. The molecule has 8 heteroatoms. The van der Waals surface area contributed by atoms with E-state index in [0.29, 0.717) is 24.6 Å². The number of hydrogen-bond acceptors (Lipinski definition) is 6. The first-order valence-corrected chi connectivity index (χ1v) is 10.1. The molecule has 0 radical (unpaired) electrons. The van der Waals surface area contributed by atoms with Crippen molar-refractivity contribution in [2.24, 2.45) is 0 Å². The van der Waals surface area contributed by atoms with Crippen LogP contribution in [0.2, 0.25) is 0 Å². The zero-order valence-corrected chi connectivity index (χ0v) is 16.9. The minimum Gasteiger partial charge on any atom is -0.484 e. The number of ether oxygens (including phenoxy) is 1. The molecular formula is C21H26N6O2. The Hall–Kier alpha value is -3.16. The maximum absolute atomic E-state index is 12.5. The van der Waals surface area contributed by atoms with Crippen LogP contribution in [-0.4, -0.2) is 63.2 Å². The van der Waals surface area contributed by atoms with Gasteiger partial charge in [-0.25, -0.2) is 0 Å². The lowest BCUT2D eigenvalue weighted by molar-refractivity contribution is -0.133. The molecule has 2 aromatic heterocycles. The van der Waals surface area contributed by atoms with Crippen LogP contribution in [0.25, 0.3) is 5.78 Å². The third-order valence-electron chi connectivity index (χ3n) is 5.17. The van der Waals surface area contributed by atoms with Crippen molar-refractivity contribution < 1.29 is 9.53 Å². The van der Waals surface area contributed by atoms with Crippen LogP contribution < -0.4 is 9.64 Å². The van der Waals surface area contributed by atoms with E-state index in [-0.39, 0.29) is 12.5 Å². The van der Waals surface area contributed by atoms with Crippen molar-refractivity contribution in [3.05, 3.63) is 47.9 Å². The maximum atomic E-state index is 12.5. The number of aromatic nitrogens is 4. The summed E-state index contributed by atoms with van der Waals surface area (Å²) < 4.78 is 7.61. The monoisotopic (exact) mass is 394 g/mol. The first-order chi connectivity index (χ1) is 14.2. The van der Waals surface area contributed by atoms with Gasteiger partial charge in [0.05, 0.1) is 0 Å². The van der Waals surface area contributed by atoms with Crippen LogP contribution in [-0.2, 0) is 11.2 Å². The Morgan fingerprint density at radius 2 is 1.86 bits per heavy atom. The molecule has 1 fully saturated rings. The van der Waals surface area contributed by atoms with E-state index in [1.54, 1.807) is 0 Å². The number of amides is 1. The fourth-order valence-electron chi connectivity index (χ4n) is 3.65. The fraction of sp³-hybridized carbons (Fsp3) is 0.429. The largest absolute Gasteiger partial charge is 0.484 e. The average Bonchev–Trinajstić information content (AvgIpc) is 3.14. The zero-order chi connectivity index (χ0) is 20.2. The van der Waals surface area contributed by atoms with E-state index < -0.39 is 0 Å². The molecule has 1 aliphatic rings. The number of benzene rings is 1. The number of rotatable bonds is 6. The standard InChI is InChI=1S/C21H26N6O2/c1-3-7-17-14-19(22-21-24-23-16(2)27(17)21)25-10-12-26(13-11-25)20(28)15-29-18-8-5-4-6-9-18/h4-6,8-9,14H,3,7,10-13,15H2,1-2H3. The lowest BCUT2D eigenvalue weighted by Crippen LogP contribution is -2.50. The number of fused-ring (bicyclic) bond motifs is 1. The minimum absolute atomic E-state index is 0.0108. The van der Waals surface area contributed by atoms with Crippen LogP contribution in [0.3, 0.4) is 0 Å². The van der Waals surface area contributed by atoms with Crippen LogP contribution in [0.15, 0.2) is 36.4 Å². The molecule has 3 heterocycles. The van der Waals surface area contributed by atoms with Gasteiger partial charge in [0.1, 0.15) is 17.4 Å². The lowest BCUT2D eigenvalue weighted by Gasteiger charge is -2.35. The van der Waals surface area contributed by atoms with Gasteiger partial charge >= 0.3 is 0 Å². The zero-order valence-electron chi connectivity index (χ0n) is 16.9. The van der Waals surface area contributed by atoms with E-state index in [4.69, 9.17) is 9.72 Å². The van der Waals surface area contributed by atoms with E-state index in [2.05, 4.69) is 28.1 Å². The Labute approximate surface area is 170 Å². The second kappa shape index (κ2) is 8.46. The van der Waals surface area contributed by atoms with E-state index in [1.165, 1.54) is 5.69 Å². The molecule has 8 nitrogen and oxygen atoms in total. The van der Waals surface area contributed by atoms with Crippen LogP contribution >= 0.6 is 0 Å². The number of aryl methyl sites for hydroxylation is 2. The van der Waals surface area contributed by atoms with Crippen LogP contribution in [0.5, 0.6) is 5.75 Å². The quantitative estimate of drug-likeness (QED) is 0.637. The maximum Gasteiger partial charge on any atom is 0.260 e. The molecule has 0 atom stereocenters. The molecule has 1 aromatic carbocycles. The molecule has 0 aliphatic carbocycles. The molecular weight excluding hydrogens is 368 g/mol. The van der Waals surface area contributed by atoms with Crippen molar-refractivity contribution in [3.8, 4) is 5.75 Å². The summed E-state index contributed by atoms with van der Waals surface area (Å²) in [4.78, 5) is 21.2. The minimum atomic E-state index is 0.0108. The van der Waals surface area contributed by atoms with E-state index >= 15 is 0 Å². The van der Waals surface area contributed by atoms with Gasteiger partial charge in [0.25, 0.3) is 11.7 Å². The molecule has 29 heavy (non-hydrogen) atoms. The van der Waals surface area contributed by atoms with Gasteiger partial charge < -0.3 is 14.5 Å². The van der Waals surface area contributed by atoms with Gasteiger partial charge in [-0.2, -0.15) is 4.98 Å². The first kappa shape index (κ1) is 19.2. The van der Waals surface area contributed by atoms with Gasteiger partial charge in [-0.15, -0.1) is 10.2 Å². The molecule has 0 N–H and O–H groups in total. The molecule has 1 saturated heterocycles. The third-order valence-corrected chi connectivity index (χ3v) is 5.17. The summed E-state index contributed by atoms with van der Waals surface area (Å²) in [5.74, 6) is 3.12. The lowest BCUT2D eigenvalue weighted by atomic mass is 10.2. The highest BCUT2D eigenvalue weighted by Gasteiger charge is 2.23. The average molecular weight is 394 g/mol. The summed E-state index contributed by atoms with van der Waals surface area (Å²) in [6.45, 7) is 6.94. The summed E-state index contributed by atoms with van der Waals surface area (Å²) in [5.41, 5.74) is 1.17. The smallest absolute Gasteiger partial charge is 0.260 e. The molecule has 3 aromatic rings. The highest BCUT2D eigenvalue weighted by molar-refractivity contribution is 5.78. The number of para-hydroxylation sites is 1. The molecule has 4 rings (SSSR count). The Bertz CT molecular complexity index is 980. The van der Waals surface area contributed by atoms with Crippen molar-refractivity contribution >= 4 is 17.5 Å². The summed E-state index contributed by atoms with van der Waals surface area (Å²) >= 11 is 0. The Morgan fingerprint density at radius 1 is 1.10 bits per heavy atom. The van der Waals surface area contributed by atoms with E-state index in [0.717, 1.165) is 37.6 Å². The number of carbonyl (C=O) groups is 1. The fourth-order valence-corrected chi connectivity index (χ4v) is 3.65. The summed E-state index contributed by atoms with van der Waals surface area (Å²) in [6, 6.07) is 11.5. The molecule has 152 valence electrons. The highest BCUT2D eigenvalue weighted by Crippen LogP contribution is 2.19. The van der Waals surface area contributed by atoms with Gasteiger partial charge in [-0.3, -0.25) is 9.20 Å². The predicted molar refractivity (Wildman–Crippen MR) is 110 cm³/mol. The van der Waals surface area contributed by atoms with E-state index in [9.17, 15) is 4.79 Å². The second-order valence-corrected chi connectivity index (χ2v) is 7.21. The normalized spacial score (nSPS) is 14.4. The second-order valence-electron chi connectivity index (χ2n) is 7.21. The Balaban J connectivity index is 1.39. The van der Waals surface area contributed by atoms with Gasteiger partial charge in [0.2, 0.25) is 0 Å². The Kier molecular flexibility index (Phi) is 5.59. The van der Waals surface area contributed by atoms with Crippen molar-refractivity contribution in [1.29, 1.82) is 0 Å². The number of anilines is 1. The summed E-state index contributed by atoms with van der Waals surface area (Å²) in [7, 11) is 0. The van der Waals surface area contributed by atoms with Crippen molar-refractivity contribution in [3.63, 3.8) is 0 Å². The van der Waals surface area contributed by atoms with Gasteiger partial charge in [-0.1, -0.05) is 31.5 Å². The number of hydrogen-bond donors (Lipinski definition) is 0. The highest BCUT2D eigenvalue weighted by atomic mass is 16.5. The molecule has 0 unspecified atom stereocenters. The molecule has 0 spiro atoms. The number of piperazine rings is 1. The summed E-state index contributed by atoms with van der Waals surface area (Å²) in [6.07, 6.45) is 1.99. The molecule has 0 bridgehead atoms. The van der Waals surface area contributed by atoms with Crippen LogP contribution in [0, 0.1) is 6.92 Å². The predicted octanol–water partition coefficient (Wildman–Crippen LogP) is 2.11. The number of nitrogens with zero attached hydrogens (tertiary/aromatic N) is 6. The van der Waals surface area contributed by atoms with Crippen molar-refractivity contribution in [1.82, 2.24) is 24.5 Å². The molecule has 1 aliphatic heterocycles. The topological polar surface area (TPSA) is 75.9 Å². The Morgan fingerprint density at radius 3 is 2.59 bits per heavy atom. The summed E-state index contributed by atoms with van der Waals surface area (Å²) in [5, 5.41) is 8.38. The van der Waals surface area contributed by atoms with Gasteiger partial charge in [0, 0.05) is 37.9 Å². The van der Waals surface area contributed by atoms with Crippen molar-refractivity contribution in [2.75, 3.05) is 37.7 Å². The first-order valence-electron chi connectivity index (χ1n) is 10.1. The molecule has 1 amide bonds. The number of carbonyl (C=O) groups excluding carboxylic acids is 1. The SMILES string of the molecule is CCCc1cc(N2CCN(C(=O)COc3ccccc3)CC2)nc2nnc(C)n12. The van der Waals surface area contributed by atoms with E-state index in [1.807, 2.05) is 46.6 Å². The van der Waals surface area contributed by atoms with Gasteiger partial charge in [0.15, 0.2) is 6.61 Å². The van der Waals surface area contributed by atoms with Crippen LogP contribution in [0.1, 0.15) is 24.9 Å². The van der Waals surface area contributed by atoms with Crippen LogP contribution in [0.4, 0.5) is 5.82 Å².